The lowest BCUT2D eigenvalue weighted by Gasteiger charge is -2.10. The van der Waals surface area contributed by atoms with Gasteiger partial charge in [-0.1, -0.05) is 24.3 Å². The van der Waals surface area contributed by atoms with Crippen molar-refractivity contribution in [2.75, 3.05) is 6.61 Å². The van der Waals surface area contributed by atoms with Gasteiger partial charge >= 0.3 is 0 Å². The highest BCUT2D eigenvalue weighted by molar-refractivity contribution is 5.88. The van der Waals surface area contributed by atoms with Crippen molar-refractivity contribution >= 4 is 22.0 Å². The summed E-state index contributed by atoms with van der Waals surface area (Å²) in [5.74, 6) is 0.322. The first-order valence-corrected chi connectivity index (χ1v) is 10.2. The first-order valence-electron chi connectivity index (χ1n) is 10.2. The molecule has 0 unspecified atom stereocenters. The molecule has 0 radical (unpaired) electrons. The lowest BCUT2D eigenvalue weighted by Crippen LogP contribution is -2.06. The van der Waals surface area contributed by atoms with E-state index in [0.717, 1.165) is 24.0 Å². The highest BCUT2D eigenvalue weighted by Gasteiger charge is 2.14. The predicted octanol–water partition coefficient (Wildman–Crippen LogP) is 4.69. The summed E-state index contributed by atoms with van der Waals surface area (Å²) in [5.41, 5.74) is 2.80. The molecular weight excluding hydrogens is 408 g/mol. The first-order chi connectivity index (χ1) is 15.6. The molecule has 5 aromatic rings. The van der Waals surface area contributed by atoms with Crippen LogP contribution in [0, 0.1) is 0 Å². The van der Waals surface area contributed by atoms with E-state index in [-0.39, 0.29) is 27.9 Å². The van der Waals surface area contributed by atoms with Gasteiger partial charge in [0, 0.05) is 18.7 Å². The molecular formula is C25H20N2O5. The molecule has 3 aromatic carbocycles. The zero-order valence-electron chi connectivity index (χ0n) is 17.1. The molecule has 2 N–H and O–H groups in total. The molecule has 0 atom stereocenters. The van der Waals surface area contributed by atoms with Gasteiger partial charge in [-0.15, -0.1) is 0 Å². The Morgan fingerprint density at radius 3 is 2.69 bits per heavy atom. The number of hydrogen-bond acceptors (Lipinski definition) is 6. The molecule has 5 rings (SSSR count). The third-order valence-electron chi connectivity index (χ3n) is 5.35. The van der Waals surface area contributed by atoms with E-state index < -0.39 is 0 Å². The Morgan fingerprint density at radius 2 is 1.84 bits per heavy atom. The molecule has 0 spiro atoms. The molecule has 0 bridgehead atoms. The van der Waals surface area contributed by atoms with E-state index in [2.05, 4.69) is 9.55 Å². The molecule has 2 heterocycles. The Bertz CT molecular complexity index is 1470. The van der Waals surface area contributed by atoms with Gasteiger partial charge in [-0.05, 0) is 36.2 Å². The van der Waals surface area contributed by atoms with Crippen LogP contribution >= 0.6 is 0 Å². The van der Waals surface area contributed by atoms with E-state index in [0.29, 0.717) is 23.5 Å². The van der Waals surface area contributed by atoms with Crippen molar-refractivity contribution in [3.8, 4) is 28.4 Å². The molecule has 0 saturated heterocycles. The van der Waals surface area contributed by atoms with E-state index in [1.807, 2.05) is 30.6 Å². The molecule has 32 heavy (non-hydrogen) atoms. The van der Waals surface area contributed by atoms with E-state index in [1.54, 1.807) is 18.2 Å². The fraction of sp³-hybridized carbons (Fsp3) is 0.120. The summed E-state index contributed by atoms with van der Waals surface area (Å²) in [6.07, 6.45) is 3.90. The van der Waals surface area contributed by atoms with Gasteiger partial charge in [0.2, 0.25) is 5.43 Å². The summed E-state index contributed by atoms with van der Waals surface area (Å²) in [7, 11) is 0. The minimum atomic E-state index is -0.354. The number of fused-ring (bicyclic) bond motifs is 2. The maximum atomic E-state index is 12.9. The number of aromatic nitrogens is 2. The number of ether oxygens (including phenoxy) is 1. The van der Waals surface area contributed by atoms with Gasteiger partial charge in [-0.25, -0.2) is 4.98 Å². The molecule has 0 amide bonds. The number of nitrogens with zero attached hydrogens (tertiary/aromatic N) is 2. The third-order valence-corrected chi connectivity index (χ3v) is 5.35. The summed E-state index contributed by atoms with van der Waals surface area (Å²) in [6, 6.07) is 17.2. The van der Waals surface area contributed by atoms with Crippen molar-refractivity contribution in [1.29, 1.82) is 0 Å². The molecule has 0 fully saturated rings. The maximum absolute atomic E-state index is 12.9. The molecule has 0 aliphatic rings. The summed E-state index contributed by atoms with van der Waals surface area (Å²) >= 11 is 0. The number of phenolic OH excluding ortho intramolecular Hbond substituents is 2. The van der Waals surface area contributed by atoms with Crippen molar-refractivity contribution in [2.24, 2.45) is 0 Å². The molecule has 7 nitrogen and oxygen atoms in total. The predicted molar refractivity (Wildman–Crippen MR) is 121 cm³/mol. The van der Waals surface area contributed by atoms with Crippen LogP contribution in [0.15, 0.2) is 82.5 Å². The summed E-state index contributed by atoms with van der Waals surface area (Å²) < 4.78 is 13.5. The van der Waals surface area contributed by atoms with Crippen LogP contribution in [0.25, 0.3) is 33.1 Å². The van der Waals surface area contributed by atoms with E-state index in [4.69, 9.17) is 9.15 Å². The molecule has 0 saturated carbocycles. The number of hydrogen-bond donors (Lipinski definition) is 2. The van der Waals surface area contributed by atoms with Crippen LogP contribution in [0.2, 0.25) is 0 Å². The summed E-state index contributed by atoms with van der Waals surface area (Å²) in [6.45, 7) is 1.17. The topological polar surface area (TPSA) is 97.7 Å². The molecule has 2 aromatic heterocycles. The van der Waals surface area contributed by atoms with Crippen molar-refractivity contribution in [3.05, 3.63) is 83.5 Å². The van der Waals surface area contributed by atoms with Gasteiger partial charge in [0.25, 0.3) is 0 Å². The Morgan fingerprint density at radius 1 is 1.03 bits per heavy atom. The van der Waals surface area contributed by atoms with E-state index >= 15 is 0 Å². The number of aromatic hydroxyl groups is 2. The van der Waals surface area contributed by atoms with Crippen molar-refractivity contribution < 1.29 is 19.4 Å². The Hall–Kier alpha value is -4.26. The zero-order chi connectivity index (χ0) is 22.1. The lowest BCUT2D eigenvalue weighted by molar-refractivity contribution is 0.301. The fourth-order valence-corrected chi connectivity index (χ4v) is 3.74. The van der Waals surface area contributed by atoms with Crippen molar-refractivity contribution in [3.63, 3.8) is 0 Å². The number of aryl methyl sites for hydroxylation is 1. The van der Waals surface area contributed by atoms with E-state index in [9.17, 15) is 15.0 Å². The summed E-state index contributed by atoms with van der Waals surface area (Å²) in [5, 5.41) is 20.0. The zero-order valence-corrected chi connectivity index (χ0v) is 17.1. The van der Waals surface area contributed by atoms with Crippen LogP contribution in [-0.4, -0.2) is 26.4 Å². The van der Waals surface area contributed by atoms with Gasteiger partial charge in [0.05, 0.1) is 29.5 Å². The molecule has 160 valence electrons. The minimum absolute atomic E-state index is 0.0906. The normalized spacial score (nSPS) is 11.2. The van der Waals surface area contributed by atoms with Crippen LogP contribution in [0.5, 0.6) is 17.2 Å². The number of para-hydroxylation sites is 2. The minimum Gasteiger partial charge on any atom is -0.508 e. The Labute approximate surface area is 182 Å². The highest BCUT2D eigenvalue weighted by Crippen LogP contribution is 2.30. The standard InChI is InChI=1S/C25H20N2O5/c28-17-8-6-16(7-9-17)19-14-32-23-13-18(12-22(29)24(23)25(19)30)31-11-3-10-27-15-26-20-4-1-2-5-21(20)27/h1-2,4-9,12-15,28-29H,3,10-11H2. The number of benzene rings is 3. The van der Waals surface area contributed by atoms with Gasteiger partial charge < -0.3 is 23.9 Å². The van der Waals surface area contributed by atoms with E-state index in [1.165, 1.54) is 24.5 Å². The molecule has 0 aliphatic heterocycles. The quantitative estimate of drug-likeness (QED) is 0.381. The molecule has 7 heteroatoms. The fourth-order valence-electron chi connectivity index (χ4n) is 3.74. The number of phenols is 2. The Kier molecular flexibility index (Phi) is 4.99. The first kappa shape index (κ1) is 19.7. The second kappa shape index (κ2) is 8.11. The second-order valence-electron chi connectivity index (χ2n) is 7.47. The van der Waals surface area contributed by atoms with Gasteiger partial charge in [-0.3, -0.25) is 4.79 Å². The molecule has 0 aliphatic carbocycles. The van der Waals surface area contributed by atoms with Crippen molar-refractivity contribution in [1.82, 2.24) is 9.55 Å². The van der Waals surface area contributed by atoms with Gasteiger partial charge in [0.1, 0.15) is 34.5 Å². The number of rotatable bonds is 6. The van der Waals surface area contributed by atoms with Crippen LogP contribution in [-0.2, 0) is 6.54 Å². The largest absolute Gasteiger partial charge is 0.508 e. The van der Waals surface area contributed by atoms with Crippen LogP contribution in [0.3, 0.4) is 0 Å². The maximum Gasteiger partial charge on any atom is 0.204 e. The van der Waals surface area contributed by atoms with Gasteiger partial charge in [0.15, 0.2) is 0 Å². The highest BCUT2D eigenvalue weighted by atomic mass is 16.5. The Balaban J connectivity index is 1.32. The smallest absolute Gasteiger partial charge is 0.204 e. The summed E-state index contributed by atoms with van der Waals surface area (Å²) in [4.78, 5) is 17.3. The SMILES string of the molecule is O=c1c(-c2ccc(O)cc2)coc2cc(OCCCn3cnc4ccccc43)cc(O)c12. The van der Waals surface area contributed by atoms with Gasteiger partial charge in [-0.2, -0.15) is 0 Å². The average molecular weight is 428 g/mol. The third kappa shape index (κ3) is 3.65. The number of imidazole rings is 1. The second-order valence-corrected chi connectivity index (χ2v) is 7.47. The van der Waals surface area contributed by atoms with Crippen LogP contribution < -0.4 is 10.2 Å². The lowest BCUT2D eigenvalue weighted by atomic mass is 10.0. The van der Waals surface area contributed by atoms with Crippen LogP contribution in [0.4, 0.5) is 0 Å². The monoisotopic (exact) mass is 428 g/mol. The van der Waals surface area contributed by atoms with Crippen molar-refractivity contribution in [2.45, 2.75) is 13.0 Å². The average Bonchev–Trinajstić information content (AvgIpc) is 3.21. The van der Waals surface area contributed by atoms with Crippen LogP contribution in [0.1, 0.15) is 6.42 Å².